The third-order valence-corrected chi connectivity index (χ3v) is 5.85. The molecular formula is C24H23N5O2. The summed E-state index contributed by atoms with van der Waals surface area (Å²) in [7, 11) is 0. The van der Waals surface area contributed by atoms with Crippen molar-refractivity contribution >= 4 is 22.4 Å². The molecule has 1 amide bonds. The van der Waals surface area contributed by atoms with Crippen LogP contribution in [0, 0.1) is 0 Å². The maximum Gasteiger partial charge on any atom is 0.220 e. The number of hydrogen-bond acceptors (Lipinski definition) is 4. The molecule has 0 atom stereocenters. The number of carbonyl (C=O) groups excluding carboxylic acids is 1. The van der Waals surface area contributed by atoms with Gasteiger partial charge in [0.15, 0.2) is 5.82 Å². The molecule has 0 saturated heterocycles. The van der Waals surface area contributed by atoms with E-state index < -0.39 is 0 Å². The Balaban J connectivity index is 1.47. The molecule has 0 bridgehead atoms. The molecule has 2 aromatic heterocycles. The fourth-order valence-electron chi connectivity index (χ4n) is 4.12. The molecule has 0 radical (unpaired) electrons. The molecule has 5 rings (SSSR count). The molecule has 31 heavy (non-hydrogen) atoms. The number of amides is 1. The molecule has 1 aliphatic heterocycles. The molecule has 3 N–H and O–H groups in total. The lowest BCUT2D eigenvalue weighted by Crippen LogP contribution is -2.25. The number of H-pyrrole nitrogens is 2. The van der Waals surface area contributed by atoms with Crippen molar-refractivity contribution < 1.29 is 9.90 Å². The van der Waals surface area contributed by atoms with Crippen LogP contribution in [0.25, 0.3) is 39.1 Å². The van der Waals surface area contributed by atoms with Gasteiger partial charge in [-0.1, -0.05) is 25.1 Å². The highest BCUT2D eigenvalue weighted by molar-refractivity contribution is 5.94. The van der Waals surface area contributed by atoms with Crippen LogP contribution in [0.5, 0.6) is 5.75 Å². The van der Waals surface area contributed by atoms with E-state index in [-0.39, 0.29) is 11.7 Å². The number of hydrogen-bond donors (Lipinski definition) is 3. The summed E-state index contributed by atoms with van der Waals surface area (Å²) in [4.78, 5) is 21.3. The zero-order valence-electron chi connectivity index (χ0n) is 17.4. The lowest BCUT2D eigenvalue weighted by atomic mass is 9.97. The fraction of sp³-hybridized carbons (Fsp3) is 0.208. The van der Waals surface area contributed by atoms with Crippen molar-refractivity contribution in [3.63, 3.8) is 0 Å². The van der Waals surface area contributed by atoms with Crippen LogP contribution in [0.4, 0.5) is 0 Å². The zero-order valence-corrected chi connectivity index (χ0v) is 17.4. The van der Waals surface area contributed by atoms with E-state index in [1.165, 1.54) is 0 Å². The summed E-state index contributed by atoms with van der Waals surface area (Å²) in [5.74, 6) is 1.04. The number of carbonyl (C=O) groups is 1. The number of phenolic OH excluding ortho intramolecular Hbond substituents is 1. The number of aromatic hydroxyl groups is 1. The average Bonchev–Trinajstić information content (AvgIpc) is 3.51. The lowest BCUT2D eigenvalue weighted by molar-refractivity contribution is -0.127. The van der Waals surface area contributed by atoms with Gasteiger partial charge in [0.1, 0.15) is 11.4 Å². The number of nitrogens with one attached hydrogen (secondary N) is 2. The summed E-state index contributed by atoms with van der Waals surface area (Å²) >= 11 is 0. The van der Waals surface area contributed by atoms with E-state index in [1.807, 2.05) is 18.2 Å². The Morgan fingerprint density at radius 2 is 2.10 bits per heavy atom. The van der Waals surface area contributed by atoms with Crippen molar-refractivity contribution in [2.24, 2.45) is 0 Å². The van der Waals surface area contributed by atoms with Crippen LogP contribution >= 0.6 is 0 Å². The van der Waals surface area contributed by atoms with E-state index >= 15 is 0 Å². The number of imidazole rings is 1. The van der Waals surface area contributed by atoms with Crippen LogP contribution in [0.15, 0.2) is 48.7 Å². The number of aromatic nitrogens is 4. The molecule has 0 unspecified atom stereocenters. The van der Waals surface area contributed by atoms with Crippen molar-refractivity contribution in [3.8, 4) is 28.4 Å². The minimum Gasteiger partial charge on any atom is -0.508 e. The van der Waals surface area contributed by atoms with Gasteiger partial charge in [0.2, 0.25) is 5.91 Å². The highest BCUT2D eigenvalue weighted by Gasteiger charge is 2.20. The zero-order chi connectivity index (χ0) is 21.5. The van der Waals surface area contributed by atoms with Crippen molar-refractivity contribution in [1.82, 2.24) is 25.1 Å². The number of phenols is 1. The molecule has 156 valence electrons. The van der Waals surface area contributed by atoms with Gasteiger partial charge in [-0.3, -0.25) is 9.89 Å². The molecule has 4 aromatic rings. The fourth-order valence-corrected chi connectivity index (χ4v) is 4.12. The van der Waals surface area contributed by atoms with Crippen LogP contribution in [-0.2, 0) is 11.2 Å². The van der Waals surface area contributed by atoms with Crippen LogP contribution in [0.2, 0.25) is 0 Å². The van der Waals surface area contributed by atoms with E-state index in [0.29, 0.717) is 18.9 Å². The maximum absolute atomic E-state index is 11.6. The summed E-state index contributed by atoms with van der Waals surface area (Å²) in [6.07, 6.45) is 4.68. The molecule has 2 aromatic carbocycles. The van der Waals surface area contributed by atoms with E-state index in [0.717, 1.165) is 51.0 Å². The van der Waals surface area contributed by atoms with Gasteiger partial charge >= 0.3 is 0 Å². The molecular weight excluding hydrogens is 390 g/mol. The Hall–Kier alpha value is -3.87. The minimum atomic E-state index is 0.0694. The second-order valence-corrected chi connectivity index (χ2v) is 7.80. The summed E-state index contributed by atoms with van der Waals surface area (Å²) < 4.78 is 0. The molecule has 0 saturated carbocycles. The lowest BCUT2D eigenvalue weighted by Gasteiger charge is -2.12. The number of benzene rings is 2. The van der Waals surface area contributed by atoms with Gasteiger partial charge in [-0.25, -0.2) is 4.98 Å². The predicted octanol–water partition coefficient (Wildman–Crippen LogP) is 4.13. The van der Waals surface area contributed by atoms with Crippen LogP contribution in [0.3, 0.4) is 0 Å². The first-order valence-electron chi connectivity index (χ1n) is 10.3. The van der Waals surface area contributed by atoms with Gasteiger partial charge in [0, 0.05) is 25.4 Å². The van der Waals surface area contributed by atoms with Crippen molar-refractivity contribution in [3.05, 3.63) is 59.9 Å². The molecule has 0 aliphatic carbocycles. The van der Waals surface area contributed by atoms with Gasteiger partial charge in [0.25, 0.3) is 0 Å². The Bertz CT molecular complexity index is 1330. The summed E-state index contributed by atoms with van der Waals surface area (Å²) in [5, 5.41) is 18.4. The topological polar surface area (TPSA) is 97.9 Å². The van der Waals surface area contributed by atoms with Crippen LogP contribution < -0.4 is 0 Å². The quantitative estimate of drug-likeness (QED) is 0.468. The van der Waals surface area contributed by atoms with Gasteiger partial charge < -0.3 is 15.0 Å². The molecule has 7 heteroatoms. The maximum atomic E-state index is 11.6. The van der Waals surface area contributed by atoms with Gasteiger partial charge in [-0.05, 0) is 52.9 Å². The number of aryl methyl sites for hydroxylation is 1. The molecule has 0 fully saturated rings. The average molecular weight is 413 g/mol. The normalized spacial score (nSPS) is 13.7. The summed E-state index contributed by atoms with van der Waals surface area (Å²) in [6, 6.07) is 11.7. The monoisotopic (exact) mass is 413 g/mol. The summed E-state index contributed by atoms with van der Waals surface area (Å²) in [5.41, 5.74) is 6.92. The number of aromatic amines is 2. The van der Waals surface area contributed by atoms with Crippen LogP contribution in [0.1, 0.15) is 25.1 Å². The van der Waals surface area contributed by atoms with Crippen molar-refractivity contribution in [2.75, 3.05) is 13.1 Å². The van der Waals surface area contributed by atoms with Crippen molar-refractivity contribution in [1.29, 1.82) is 0 Å². The Kier molecular flexibility index (Phi) is 4.58. The Morgan fingerprint density at radius 1 is 1.23 bits per heavy atom. The van der Waals surface area contributed by atoms with E-state index in [1.54, 1.807) is 24.1 Å². The van der Waals surface area contributed by atoms with Crippen molar-refractivity contribution in [2.45, 2.75) is 20.3 Å². The molecule has 7 nitrogen and oxygen atoms in total. The summed E-state index contributed by atoms with van der Waals surface area (Å²) in [6.45, 7) is 4.88. The first-order chi connectivity index (χ1) is 15.0. The number of rotatable bonds is 4. The first kappa shape index (κ1) is 19.1. The third kappa shape index (κ3) is 3.38. The van der Waals surface area contributed by atoms with E-state index in [4.69, 9.17) is 0 Å². The van der Waals surface area contributed by atoms with E-state index in [9.17, 15) is 9.90 Å². The van der Waals surface area contributed by atoms with Gasteiger partial charge in [-0.2, -0.15) is 5.10 Å². The first-order valence-corrected chi connectivity index (χ1v) is 10.3. The molecule has 3 heterocycles. The Morgan fingerprint density at radius 3 is 2.87 bits per heavy atom. The smallest absolute Gasteiger partial charge is 0.220 e. The highest BCUT2D eigenvalue weighted by Crippen LogP contribution is 2.32. The second kappa shape index (κ2) is 7.43. The largest absolute Gasteiger partial charge is 0.508 e. The van der Waals surface area contributed by atoms with Gasteiger partial charge in [-0.15, -0.1) is 0 Å². The SMILES string of the molecule is CCc1cc(O)ccc1-c1ccc2c(-c3ncc(C4=CCN(C(C)=O)C4)[nH]3)n[nH]c2c1. The van der Waals surface area contributed by atoms with Crippen LogP contribution in [-0.4, -0.2) is 49.2 Å². The number of fused-ring (bicyclic) bond motifs is 1. The molecule has 0 spiro atoms. The number of nitrogens with zero attached hydrogens (tertiary/aromatic N) is 3. The molecule has 1 aliphatic rings. The van der Waals surface area contributed by atoms with E-state index in [2.05, 4.69) is 45.3 Å². The van der Waals surface area contributed by atoms with Gasteiger partial charge in [0.05, 0.1) is 17.4 Å². The second-order valence-electron chi connectivity index (χ2n) is 7.80. The standard InChI is InChI=1S/C24H23N5O2/c1-3-15-10-18(31)5-7-19(15)16-4-6-20-21(11-16)27-28-23(20)24-25-12-22(26-24)17-8-9-29(13-17)14(2)30/h4-8,10-12,31H,3,9,13H2,1-2H3,(H,25,26)(H,27,28). The third-order valence-electron chi connectivity index (χ3n) is 5.85. The predicted molar refractivity (Wildman–Crippen MR) is 120 cm³/mol. The highest BCUT2D eigenvalue weighted by atomic mass is 16.3. The Labute approximate surface area is 179 Å². The minimum absolute atomic E-state index is 0.0694.